The second-order valence-electron chi connectivity index (χ2n) is 7.02. The van der Waals surface area contributed by atoms with Crippen LogP contribution in [-0.2, 0) is 0 Å². The van der Waals surface area contributed by atoms with Crippen LogP contribution in [0.1, 0.15) is 21.7 Å². The molecule has 5 nitrogen and oxygen atoms in total. The summed E-state index contributed by atoms with van der Waals surface area (Å²) in [4.78, 5) is 17.3. The Balaban J connectivity index is 1.77. The summed E-state index contributed by atoms with van der Waals surface area (Å²) in [5, 5.41) is 7.88. The standard InChI is InChI=1S/C23H17Cl2FN4O/c1-13-3-9-18(11-14(13)2)30-22(15-4-7-17(26)8-5-15)28-21(29-30)23(31)27-20-10-6-16(24)12-19(20)25/h3-12H,1-2H3,(H,27,31). The predicted octanol–water partition coefficient (Wildman–Crippen LogP) is 6.25. The topological polar surface area (TPSA) is 59.8 Å². The van der Waals surface area contributed by atoms with Gasteiger partial charge in [-0.2, -0.15) is 0 Å². The van der Waals surface area contributed by atoms with Gasteiger partial charge in [0.15, 0.2) is 5.82 Å². The van der Waals surface area contributed by atoms with Crippen LogP contribution < -0.4 is 5.32 Å². The Morgan fingerprint density at radius 2 is 1.71 bits per heavy atom. The van der Waals surface area contributed by atoms with Crippen molar-refractivity contribution in [2.45, 2.75) is 13.8 Å². The lowest BCUT2D eigenvalue weighted by atomic mass is 10.1. The van der Waals surface area contributed by atoms with E-state index in [1.807, 2.05) is 32.0 Å². The molecule has 0 spiro atoms. The maximum Gasteiger partial charge on any atom is 0.295 e. The van der Waals surface area contributed by atoms with E-state index in [0.29, 0.717) is 27.1 Å². The van der Waals surface area contributed by atoms with Crippen LogP contribution >= 0.6 is 23.2 Å². The van der Waals surface area contributed by atoms with Gasteiger partial charge in [-0.05, 0) is 79.6 Å². The maximum absolute atomic E-state index is 13.4. The molecule has 156 valence electrons. The number of rotatable bonds is 4. The Labute approximate surface area is 188 Å². The second-order valence-corrected chi connectivity index (χ2v) is 7.87. The minimum atomic E-state index is -0.532. The Morgan fingerprint density at radius 3 is 2.39 bits per heavy atom. The van der Waals surface area contributed by atoms with Gasteiger partial charge < -0.3 is 5.32 Å². The van der Waals surface area contributed by atoms with E-state index in [-0.39, 0.29) is 11.6 Å². The number of amides is 1. The molecule has 0 bridgehead atoms. The number of anilines is 1. The molecule has 0 saturated carbocycles. The van der Waals surface area contributed by atoms with Gasteiger partial charge in [0.2, 0.25) is 5.82 Å². The molecule has 3 aromatic carbocycles. The van der Waals surface area contributed by atoms with Crippen LogP contribution in [-0.4, -0.2) is 20.7 Å². The number of aryl methyl sites for hydroxylation is 2. The van der Waals surface area contributed by atoms with E-state index < -0.39 is 5.91 Å². The fourth-order valence-electron chi connectivity index (χ4n) is 3.00. The largest absolute Gasteiger partial charge is 0.318 e. The summed E-state index contributed by atoms with van der Waals surface area (Å²) in [5.41, 5.74) is 3.94. The zero-order valence-electron chi connectivity index (χ0n) is 16.7. The number of aromatic nitrogens is 3. The van der Waals surface area contributed by atoms with E-state index >= 15 is 0 Å². The third-order valence-corrected chi connectivity index (χ3v) is 5.37. The smallest absolute Gasteiger partial charge is 0.295 e. The van der Waals surface area contributed by atoms with E-state index in [0.717, 1.165) is 16.8 Å². The van der Waals surface area contributed by atoms with Gasteiger partial charge in [-0.3, -0.25) is 4.79 Å². The van der Waals surface area contributed by atoms with E-state index in [4.69, 9.17) is 23.2 Å². The zero-order valence-corrected chi connectivity index (χ0v) is 18.2. The molecule has 1 heterocycles. The Kier molecular flexibility index (Phi) is 5.76. The van der Waals surface area contributed by atoms with E-state index in [1.54, 1.807) is 28.9 Å². The van der Waals surface area contributed by atoms with Crippen molar-refractivity contribution in [3.8, 4) is 17.1 Å². The van der Waals surface area contributed by atoms with Gasteiger partial charge in [0.1, 0.15) is 5.82 Å². The molecule has 0 aliphatic rings. The molecule has 0 fully saturated rings. The van der Waals surface area contributed by atoms with Crippen LogP contribution in [0.2, 0.25) is 10.0 Å². The highest BCUT2D eigenvalue weighted by Crippen LogP contribution is 2.27. The van der Waals surface area contributed by atoms with Gasteiger partial charge in [0.05, 0.1) is 16.4 Å². The van der Waals surface area contributed by atoms with E-state index in [1.165, 1.54) is 18.2 Å². The molecule has 1 N–H and O–H groups in total. The number of nitrogens with zero attached hydrogens (tertiary/aromatic N) is 3. The maximum atomic E-state index is 13.4. The van der Waals surface area contributed by atoms with Crippen molar-refractivity contribution in [2.24, 2.45) is 0 Å². The minimum Gasteiger partial charge on any atom is -0.318 e. The molecule has 0 unspecified atom stereocenters. The van der Waals surface area contributed by atoms with Crippen molar-refractivity contribution in [1.29, 1.82) is 0 Å². The highest BCUT2D eigenvalue weighted by atomic mass is 35.5. The van der Waals surface area contributed by atoms with Crippen molar-refractivity contribution >= 4 is 34.8 Å². The average Bonchev–Trinajstić information content (AvgIpc) is 3.18. The van der Waals surface area contributed by atoms with Crippen LogP contribution in [0, 0.1) is 19.7 Å². The SMILES string of the molecule is Cc1ccc(-n2nc(C(=O)Nc3ccc(Cl)cc3Cl)nc2-c2ccc(F)cc2)cc1C. The molecule has 0 atom stereocenters. The van der Waals surface area contributed by atoms with Gasteiger partial charge in [-0.1, -0.05) is 29.3 Å². The number of hydrogen-bond donors (Lipinski definition) is 1. The van der Waals surface area contributed by atoms with Crippen molar-refractivity contribution in [3.63, 3.8) is 0 Å². The number of carbonyl (C=O) groups is 1. The summed E-state index contributed by atoms with van der Waals surface area (Å²) in [6.07, 6.45) is 0. The van der Waals surface area contributed by atoms with Crippen LogP contribution in [0.5, 0.6) is 0 Å². The van der Waals surface area contributed by atoms with Gasteiger partial charge in [-0.15, -0.1) is 5.10 Å². The summed E-state index contributed by atoms with van der Waals surface area (Å²) in [6, 6.07) is 16.4. The minimum absolute atomic E-state index is 0.0523. The van der Waals surface area contributed by atoms with Gasteiger partial charge in [0, 0.05) is 10.6 Å². The Morgan fingerprint density at radius 1 is 0.968 bits per heavy atom. The normalized spacial score (nSPS) is 10.9. The number of benzene rings is 3. The quantitative estimate of drug-likeness (QED) is 0.396. The fourth-order valence-corrected chi connectivity index (χ4v) is 3.46. The van der Waals surface area contributed by atoms with Crippen molar-refractivity contribution in [2.75, 3.05) is 5.32 Å². The molecule has 0 radical (unpaired) electrons. The fraction of sp³-hybridized carbons (Fsp3) is 0.0870. The number of hydrogen-bond acceptors (Lipinski definition) is 3. The first-order chi connectivity index (χ1) is 14.8. The highest BCUT2D eigenvalue weighted by molar-refractivity contribution is 6.36. The Bertz CT molecular complexity index is 1290. The molecule has 8 heteroatoms. The number of carbonyl (C=O) groups excluding carboxylic acids is 1. The summed E-state index contributed by atoms with van der Waals surface area (Å²) in [6.45, 7) is 4.00. The summed E-state index contributed by atoms with van der Waals surface area (Å²) in [7, 11) is 0. The van der Waals surface area contributed by atoms with Crippen LogP contribution in [0.4, 0.5) is 10.1 Å². The summed E-state index contributed by atoms with van der Waals surface area (Å²) < 4.78 is 15.0. The summed E-state index contributed by atoms with van der Waals surface area (Å²) >= 11 is 12.1. The third-order valence-electron chi connectivity index (χ3n) is 4.83. The molecular formula is C23H17Cl2FN4O. The predicted molar refractivity (Wildman–Crippen MR) is 121 cm³/mol. The molecule has 31 heavy (non-hydrogen) atoms. The van der Waals surface area contributed by atoms with Crippen molar-refractivity contribution < 1.29 is 9.18 Å². The number of nitrogens with one attached hydrogen (secondary N) is 1. The lowest BCUT2D eigenvalue weighted by molar-refractivity contribution is 0.101. The second kappa shape index (κ2) is 8.49. The monoisotopic (exact) mass is 454 g/mol. The van der Waals surface area contributed by atoms with Crippen LogP contribution in [0.25, 0.3) is 17.1 Å². The van der Waals surface area contributed by atoms with E-state index in [2.05, 4.69) is 15.4 Å². The van der Waals surface area contributed by atoms with Crippen molar-refractivity contribution in [3.05, 3.63) is 93.5 Å². The van der Waals surface area contributed by atoms with E-state index in [9.17, 15) is 9.18 Å². The van der Waals surface area contributed by atoms with Crippen LogP contribution in [0.15, 0.2) is 60.7 Å². The van der Waals surface area contributed by atoms with Crippen molar-refractivity contribution in [1.82, 2.24) is 14.8 Å². The first-order valence-electron chi connectivity index (χ1n) is 9.39. The summed E-state index contributed by atoms with van der Waals surface area (Å²) in [5.74, 6) is -0.536. The molecular weight excluding hydrogens is 438 g/mol. The van der Waals surface area contributed by atoms with Gasteiger partial charge in [-0.25, -0.2) is 14.1 Å². The molecule has 4 rings (SSSR count). The molecule has 0 aliphatic carbocycles. The number of halogens is 3. The molecule has 0 aliphatic heterocycles. The first kappa shape index (κ1) is 21.0. The third kappa shape index (κ3) is 4.45. The first-order valence-corrected chi connectivity index (χ1v) is 10.1. The lowest BCUT2D eigenvalue weighted by Gasteiger charge is -2.08. The molecule has 1 aromatic heterocycles. The Hall–Kier alpha value is -3.22. The average molecular weight is 455 g/mol. The highest BCUT2D eigenvalue weighted by Gasteiger charge is 2.20. The van der Waals surface area contributed by atoms with Gasteiger partial charge >= 0.3 is 0 Å². The molecule has 4 aromatic rings. The van der Waals surface area contributed by atoms with Gasteiger partial charge in [0.25, 0.3) is 5.91 Å². The molecule has 1 amide bonds. The lowest BCUT2D eigenvalue weighted by Crippen LogP contribution is -2.14. The molecule has 0 saturated heterocycles. The zero-order chi connectivity index (χ0) is 22.1. The van der Waals surface area contributed by atoms with Crippen LogP contribution in [0.3, 0.4) is 0 Å².